The van der Waals surface area contributed by atoms with Crippen LogP contribution in [-0.4, -0.2) is 99.8 Å². The first-order valence-electron chi connectivity index (χ1n) is 14.5. The average Bonchev–Trinajstić information content (AvgIpc) is 3.20. The molecule has 0 amide bonds. The fourth-order valence-electron chi connectivity index (χ4n) is 9.69. The van der Waals surface area contributed by atoms with E-state index >= 15 is 0 Å². The summed E-state index contributed by atoms with van der Waals surface area (Å²) in [5.41, 5.74) is -3.49. The molecule has 230 valence electrons. The Kier molecular flexibility index (Phi) is 8.40. The number of hydrogen-bond acceptors (Lipinski definition) is 10. The van der Waals surface area contributed by atoms with Crippen LogP contribution in [0.1, 0.15) is 65.7 Å². The van der Waals surface area contributed by atoms with Gasteiger partial charge in [-0.3, -0.25) is 4.79 Å². The van der Waals surface area contributed by atoms with Crippen LogP contribution in [0.2, 0.25) is 0 Å². The molecule has 11 nitrogen and oxygen atoms in total. The number of carboxylic acids is 1. The third kappa shape index (κ3) is 4.46. The van der Waals surface area contributed by atoms with E-state index in [-0.39, 0.29) is 51.0 Å². The summed E-state index contributed by atoms with van der Waals surface area (Å²) in [6.45, 7) is 6.36. The summed E-state index contributed by atoms with van der Waals surface area (Å²) >= 11 is 0. The molecule has 1 heterocycles. The highest BCUT2D eigenvalue weighted by molar-refractivity contribution is 5.72. The minimum absolute atomic E-state index is 0.0551. The molecule has 2 unspecified atom stereocenters. The summed E-state index contributed by atoms with van der Waals surface area (Å²) in [4.78, 5) is 12.6. The van der Waals surface area contributed by atoms with Crippen LogP contribution < -0.4 is 0 Å². The number of rotatable bonds is 10. The number of methoxy groups -OCH3 is 3. The number of carboxylic acid groups (broad SMARTS) is 1. The van der Waals surface area contributed by atoms with E-state index in [1.54, 1.807) is 21.3 Å². The number of carbonyl (C=O) groups is 1. The summed E-state index contributed by atoms with van der Waals surface area (Å²) in [5.74, 6) is -2.63. The predicted octanol–water partition coefficient (Wildman–Crippen LogP) is 2.92. The van der Waals surface area contributed by atoms with E-state index in [2.05, 4.69) is 0 Å². The molecule has 0 aromatic heterocycles. The van der Waals surface area contributed by atoms with Crippen LogP contribution in [0.15, 0.2) is 0 Å². The maximum atomic E-state index is 12.7. The fourth-order valence-corrected chi connectivity index (χ4v) is 9.69. The fraction of sp³-hybridized carbons (Fsp3) is 0.966. The molecule has 1 aliphatic heterocycles. The number of ether oxygens (including phenoxy) is 8. The van der Waals surface area contributed by atoms with Crippen molar-refractivity contribution in [1.29, 1.82) is 0 Å². The van der Waals surface area contributed by atoms with Gasteiger partial charge in [0.1, 0.15) is 20.4 Å². The Bertz CT molecular complexity index is 930. The molecule has 0 aromatic rings. The molecular formula is C29H48O11. The van der Waals surface area contributed by atoms with E-state index in [4.69, 9.17) is 37.9 Å². The molecule has 10 atom stereocenters. The van der Waals surface area contributed by atoms with E-state index < -0.39 is 45.8 Å². The Labute approximate surface area is 237 Å². The first-order valence-corrected chi connectivity index (χ1v) is 14.5. The maximum absolute atomic E-state index is 12.7. The first-order chi connectivity index (χ1) is 18.9. The Morgan fingerprint density at radius 3 is 2.33 bits per heavy atom. The lowest BCUT2D eigenvalue weighted by Gasteiger charge is -2.71. The predicted molar refractivity (Wildman–Crippen MR) is 140 cm³/mol. The minimum Gasteiger partial charge on any atom is -0.481 e. The van der Waals surface area contributed by atoms with Crippen LogP contribution in [0, 0.1) is 28.6 Å². The van der Waals surface area contributed by atoms with Crippen molar-refractivity contribution >= 4 is 5.97 Å². The molecule has 4 aliphatic carbocycles. The second-order valence-corrected chi connectivity index (χ2v) is 13.3. The van der Waals surface area contributed by atoms with Gasteiger partial charge in [-0.25, -0.2) is 0 Å². The van der Waals surface area contributed by atoms with Crippen LogP contribution in [0.3, 0.4) is 0 Å². The van der Waals surface area contributed by atoms with Gasteiger partial charge in [-0.15, -0.1) is 0 Å². The lowest BCUT2D eigenvalue weighted by molar-refractivity contribution is -0.408. The van der Waals surface area contributed by atoms with Crippen molar-refractivity contribution in [3.8, 4) is 0 Å². The smallest absolute Gasteiger partial charge is 0.307 e. The van der Waals surface area contributed by atoms with Crippen LogP contribution in [0.4, 0.5) is 0 Å². The molecule has 1 saturated heterocycles. The molecule has 5 aliphatic rings. The lowest BCUT2D eigenvalue weighted by Crippen LogP contribution is -2.78. The van der Waals surface area contributed by atoms with Crippen LogP contribution >= 0.6 is 0 Å². The second kappa shape index (κ2) is 11.0. The molecule has 4 saturated carbocycles. The van der Waals surface area contributed by atoms with Gasteiger partial charge in [-0.2, -0.15) is 0 Å². The Morgan fingerprint density at radius 1 is 0.950 bits per heavy atom. The molecule has 40 heavy (non-hydrogen) atoms. The van der Waals surface area contributed by atoms with Gasteiger partial charge in [0.05, 0.1) is 47.5 Å². The van der Waals surface area contributed by atoms with Crippen LogP contribution in [-0.2, 0) is 42.7 Å². The van der Waals surface area contributed by atoms with Crippen molar-refractivity contribution in [2.75, 3.05) is 48.3 Å². The van der Waals surface area contributed by atoms with Gasteiger partial charge in [0.2, 0.25) is 0 Å². The van der Waals surface area contributed by atoms with Gasteiger partial charge in [-0.05, 0) is 51.9 Å². The van der Waals surface area contributed by atoms with Crippen molar-refractivity contribution in [3.05, 3.63) is 0 Å². The maximum Gasteiger partial charge on any atom is 0.307 e. The minimum atomic E-state index is -1.17. The quantitative estimate of drug-likeness (QED) is 0.375. The average molecular weight is 573 g/mol. The van der Waals surface area contributed by atoms with Gasteiger partial charge >= 0.3 is 5.97 Å². The van der Waals surface area contributed by atoms with Crippen LogP contribution in [0.25, 0.3) is 0 Å². The number of aliphatic hydroxyl groups is 1. The van der Waals surface area contributed by atoms with Crippen molar-refractivity contribution < 1.29 is 52.9 Å². The number of fused-ring (bicyclic) bond motifs is 3. The van der Waals surface area contributed by atoms with E-state index in [1.165, 1.54) is 0 Å². The van der Waals surface area contributed by atoms with E-state index in [1.807, 2.05) is 20.8 Å². The highest BCUT2D eigenvalue weighted by atomic mass is 16.7. The SMILES string of the molecule is COCO[C@H]1C[C@H]2OC(C)(C)OC[C@]23C2C(CC[C@]3(O)C1)[C@@]1(OCOC)CC[C@H](C(=O)O)[C@@]1(C)C[C@@H]2OCOC. The summed E-state index contributed by atoms with van der Waals surface area (Å²) in [5, 5.41) is 23.0. The monoisotopic (exact) mass is 572 g/mol. The Balaban J connectivity index is 1.65. The van der Waals surface area contributed by atoms with E-state index in [0.29, 0.717) is 44.9 Å². The normalized spacial score (nSPS) is 47.6. The number of hydrogen-bond donors (Lipinski definition) is 2. The van der Waals surface area contributed by atoms with E-state index in [0.717, 1.165) is 0 Å². The lowest BCUT2D eigenvalue weighted by atomic mass is 9.40. The molecule has 0 bridgehead atoms. The standard InChI is InChI=1S/C29H48O11/c1-25(2)38-14-28-22(40-25)11-18(36-15-33-4)12-27(28,32)9-7-19-23(28)21(37-16-34-5)13-26(3)20(24(30)31)8-10-29(19,26)39-17-35-6/h18-23,32H,7-17H2,1-6H3,(H,30,31)/t18-,19?,20+,21-,22+,23?,26+,27-,28+,29-/m0/s1. The first kappa shape index (κ1) is 30.6. The van der Waals surface area contributed by atoms with Gasteiger partial charge in [0.25, 0.3) is 0 Å². The van der Waals surface area contributed by atoms with Crippen molar-refractivity contribution in [2.24, 2.45) is 28.6 Å². The molecular weight excluding hydrogens is 524 g/mol. The highest BCUT2D eigenvalue weighted by Gasteiger charge is 2.78. The molecule has 1 spiro atoms. The topological polar surface area (TPSA) is 131 Å². The summed E-state index contributed by atoms with van der Waals surface area (Å²) < 4.78 is 48.2. The van der Waals surface area contributed by atoms with E-state index in [9.17, 15) is 15.0 Å². The number of aliphatic carboxylic acids is 1. The molecule has 11 heteroatoms. The largest absolute Gasteiger partial charge is 0.481 e. The summed E-state index contributed by atoms with van der Waals surface area (Å²) in [7, 11) is 4.75. The molecule has 5 fully saturated rings. The Morgan fingerprint density at radius 2 is 1.65 bits per heavy atom. The summed E-state index contributed by atoms with van der Waals surface area (Å²) in [6.07, 6.45) is 2.59. The van der Waals surface area contributed by atoms with Crippen molar-refractivity contribution in [2.45, 2.75) is 101 Å². The highest BCUT2D eigenvalue weighted by Crippen LogP contribution is 2.72. The van der Waals surface area contributed by atoms with Gasteiger partial charge in [0, 0.05) is 45.5 Å². The third-order valence-corrected chi connectivity index (χ3v) is 11.2. The zero-order chi connectivity index (χ0) is 29.0. The molecule has 0 aromatic carbocycles. The summed E-state index contributed by atoms with van der Waals surface area (Å²) in [6, 6.07) is 0. The van der Waals surface area contributed by atoms with Gasteiger partial charge < -0.3 is 48.1 Å². The van der Waals surface area contributed by atoms with Gasteiger partial charge in [-0.1, -0.05) is 6.92 Å². The zero-order valence-electron chi connectivity index (χ0n) is 24.8. The van der Waals surface area contributed by atoms with Gasteiger partial charge in [0.15, 0.2) is 5.79 Å². The van der Waals surface area contributed by atoms with Crippen molar-refractivity contribution in [1.82, 2.24) is 0 Å². The second-order valence-electron chi connectivity index (χ2n) is 13.3. The Hall–Kier alpha value is -0.890. The van der Waals surface area contributed by atoms with Crippen molar-refractivity contribution in [3.63, 3.8) is 0 Å². The zero-order valence-corrected chi connectivity index (χ0v) is 24.8. The molecule has 0 radical (unpaired) electrons. The third-order valence-electron chi connectivity index (χ3n) is 11.2. The molecule has 2 N–H and O–H groups in total. The van der Waals surface area contributed by atoms with Crippen LogP contribution in [0.5, 0.6) is 0 Å². The molecule has 5 rings (SSSR count).